The number of para-hydroxylation sites is 1. The number of rotatable bonds is 5. The van der Waals surface area contributed by atoms with Crippen molar-refractivity contribution in [3.05, 3.63) is 63.7 Å². The fourth-order valence-corrected chi connectivity index (χ4v) is 1.92. The van der Waals surface area contributed by atoms with Gasteiger partial charge < -0.3 is 9.84 Å². The number of aliphatic hydroxyl groups is 1. The summed E-state index contributed by atoms with van der Waals surface area (Å²) in [4.78, 5) is 10.2. The fourth-order valence-electron chi connectivity index (χ4n) is 1.92. The summed E-state index contributed by atoms with van der Waals surface area (Å²) in [6, 6.07) is 11.8. The number of hydrogen-bond acceptors (Lipinski definition) is 4. The number of ether oxygens (including phenoxy) is 1. The second-order valence-electron chi connectivity index (χ2n) is 4.27. The van der Waals surface area contributed by atoms with E-state index < -0.39 is 4.92 Å². The number of nitro groups is 1. The lowest BCUT2D eigenvalue weighted by molar-refractivity contribution is -0.385. The van der Waals surface area contributed by atoms with E-state index in [2.05, 4.69) is 0 Å². The summed E-state index contributed by atoms with van der Waals surface area (Å²) in [7, 11) is 0. The van der Waals surface area contributed by atoms with Crippen LogP contribution in [0.4, 0.5) is 5.69 Å². The summed E-state index contributed by atoms with van der Waals surface area (Å²) in [6.45, 7) is 1.70. The van der Waals surface area contributed by atoms with Crippen LogP contribution < -0.4 is 4.74 Å². The highest BCUT2D eigenvalue weighted by Crippen LogP contribution is 2.30. The molecule has 0 radical (unpaired) electrons. The van der Waals surface area contributed by atoms with Crippen molar-refractivity contribution in [2.75, 3.05) is 0 Å². The highest BCUT2D eigenvalue weighted by atomic mass is 16.6. The maximum Gasteiger partial charge on any atom is 0.270 e. The first-order chi connectivity index (χ1) is 9.65. The third-order valence-electron chi connectivity index (χ3n) is 3.00. The Morgan fingerprint density at radius 1 is 1.15 bits per heavy atom. The molecular weight excluding hydrogens is 258 g/mol. The van der Waals surface area contributed by atoms with Crippen molar-refractivity contribution in [1.29, 1.82) is 0 Å². The smallest absolute Gasteiger partial charge is 0.270 e. The first-order valence-electron chi connectivity index (χ1n) is 6.29. The molecule has 0 fully saturated rings. The van der Waals surface area contributed by atoms with Crippen LogP contribution in [0.3, 0.4) is 0 Å². The predicted octanol–water partition coefficient (Wildman–Crippen LogP) is 3.44. The van der Waals surface area contributed by atoms with Crippen LogP contribution in [0.15, 0.2) is 42.5 Å². The summed E-state index contributed by atoms with van der Waals surface area (Å²) in [5.74, 6) is 1.12. The number of benzene rings is 2. The molecule has 2 aromatic carbocycles. The number of non-ortho nitro benzene ring substituents is 1. The summed E-state index contributed by atoms with van der Waals surface area (Å²) < 4.78 is 5.77. The van der Waals surface area contributed by atoms with E-state index in [9.17, 15) is 15.2 Å². The summed E-state index contributed by atoms with van der Waals surface area (Å²) in [5, 5.41) is 20.0. The van der Waals surface area contributed by atoms with E-state index in [1.807, 2.05) is 31.2 Å². The molecule has 0 atom stereocenters. The van der Waals surface area contributed by atoms with Gasteiger partial charge in [-0.2, -0.15) is 0 Å². The van der Waals surface area contributed by atoms with Gasteiger partial charge in [-0.05, 0) is 24.1 Å². The number of hydrogen-bond donors (Lipinski definition) is 1. The molecular formula is C15H15NO4. The van der Waals surface area contributed by atoms with Crippen LogP contribution >= 0.6 is 0 Å². The van der Waals surface area contributed by atoms with Gasteiger partial charge in [-0.25, -0.2) is 0 Å². The van der Waals surface area contributed by atoms with Crippen molar-refractivity contribution in [2.45, 2.75) is 20.0 Å². The summed E-state index contributed by atoms with van der Waals surface area (Å²) in [6.07, 6.45) is 0.817. The highest BCUT2D eigenvalue weighted by Gasteiger charge is 2.12. The molecule has 0 bridgehead atoms. The van der Waals surface area contributed by atoms with E-state index in [4.69, 9.17) is 4.74 Å². The van der Waals surface area contributed by atoms with Gasteiger partial charge in [-0.1, -0.05) is 25.1 Å². The van der Waals surface area contributed by atoms with Gasteiger partial charge in [0.05, 0.1) is 11.5 Å². The molecule has 2 aromatic rings. The monoisotopic (exact) mass is 273 g/mol. The van der Waals surface area contributed by atoms with Gasteiger partial charge in [0.15, 0.2) is 0 Å². The van der Waals surface area contributed by atoms with Crippen molar-refractivity contribution in [1.82, 2.24) is 0 Å². The fraction of sp³-hybridized carbons (Fsp3) is 0.200. The third-order valence-corrected chi connectivity index (χ3v) is 3.00. The van der Waals surface area contributed by atoms with Gasteiger partial charge >= 0.3 is 0 Å². The SMILES string of the molecule is CCc1ccccc1Oc1ccc([N+](=O)[O-])cc1CO. The average Bonchev–Trinajstić information content (AvgIpc) is 2.48. The van der Waals surface area contributed by atoms with Crippen molar-refractivity contribution in [3.63, 3.8) is 0 Å². The standard InChI is InChI=1S/C15H15NO4/c1-2-11-5-3-4-6-14(11)20-15-8-7-13(16(18)19)9-12(15)10-17/h3-9,17H,2,10H2,1H3. The van der Waals surface area contributed by atoms with Gasteiger partial charge in [0.25, 0.3) is 5.69 Å². The van der Waals surface area contributed by atoms with Gasteiger partial charge in [-0.15, -0.1) is 0 Å². The van der Waals surface area contributed by atoms with E-state index in [0.29, 0.717) is 17.1 Å². The topological polar surface area (TPSA) is 72.6 Å². The van der Waals surface area contributed by atoms with Crippen LogP contribution in [-0.4, -0.2) is 10.0 Å². The van der Waals surface area contributed by atoms with E-state index >= 15 is 0 Å². The molecule has 104 valence electrons. The molecule has 0 aromatic heterocycles. The van der Waals surface area contributed by atoms with Gasteiger partial charge in [0.2, 0.25) is 0 Å². The zero-order valence-corrected chi connectivity index (χ0v) is 11.1. The Hall–Kier alpha value is -2.40. The lowest BCUT2D eigenvalue weighted by atomic mass is 10.1. The Balaban J connectivity index is 2.36. The molecule has 0 spiro atoms. The Kier molecular flexibility index (Phi) is 4.32. The van der Waals surface area contributed by atoms with Gasteiger partial charge in [0.1, 0.15) is 11.5 Å². The van der Waals surface area contributed by atoms with Crippen LogP contribution in [-0.2, 0) is 13.0 Å². The van der Waals surface area contributed by atoms with Gasteiger partial charge in [0, 0.05) is 17.7 Å². The van der Waals surface area contributed by atoms with E-state index in [1.165, 1.54) is 18.2 Å². The second-order valence-corrected chi connectivity index (χ2v) is 4.27. The normalized spacial score (nSPS) is 10.3. The molecule has 2 rings (SSSR count). The van der Waals surface area contributed by atoms with Crippen molar-refractivity contribution in [3.8, 4) is 11.5 Å². The molecule has 0 saturated carbocycles. The lowest BCUT2D eigenvalue weighted by Gasteiger charge is -2.12. The third kappa shape index (κ3) is 2.95. The first-order valence-corrected chi connectivity index (χ1v) is 6.29. The van der Waals surface area contributed by atoms with Crippen molar-refractivity contribution in [2.24, 2.45) is 0 Å². The molecule has 0 aliphatic carbocycles. The minimum atomic E-state index is -0.497. The molecule has 0 saturated heterocycles. The molecule has 5 nitrogen and oxygen atoms in total. The molecule has 0 aliphatic rings. The molecule has 20 heavy (non-hydrogen) atoms. The molecule has 0 aliphatic heterocycles. The summed E-state index contributed by atoms with van der Waals surface area (Å²) in [5.41, 5.74) is 1.37. The van der Waals surface area contributed by atoms with Crippen LogP contribution in [0.2, 0.25) is 0 Å². The van der Waals surface area contributed by atoms with E-state index in [0.717, 1.165) is 12.0 Å². The summed E-state index contributed by atoms with van der Waals surface area (Å²) >= 11 is 0. The number of aliphatic hydroxyl groups excluding tert-OH is 1. The molecule has 0 heterocycles. The van der Waals surface area contributed by atoms with E-state index in [1.54, 1.807) is 0 Å². The molecule has 1 N–H and O–H groups in total. The lowest BCUT2D eigenvalue weighted by Crippen LogP contribution is -1.96. The maximum atomic E-state index is 10.7. The van der Waals surface area contributed by atoms with E-state index in [-0.39, 0.29) is 12.3 Å². The minimum Gasteiger partial charge on any atom is -0.457 e. The Bertz CT molecular complexity index is 625. The zero-order valence-electron chi connectivity index (χ0n) is 11.1. The van der Waals surface area contributed by atoms with Crippen LogP contribution in [0.25, 0.3) is 0 Å². The number of nitrogens with zero attached hydrogens (tertiary/aromatic N) is 1. The predicted molar refractivity (Wildman–Crippen MR) is 74.9 cm³/mol. The molecule has 0 amide bonds. The van der Waals surface area contributed by atoms with Crippen molar-refractivity contribution >= 4 is 5.69 Å². The Morgan fingerprint density at radius 2 is 1.85 bits per heavy atom. The van der Waals surface area contributed by atoms with Crippen LogP contribution in [0.5, 0.6) is 11.5 Å². The van der Waals surface area contributed by atoms with Crippen LogP contribution in [0, 0.1) is 10.1 Å². The minimum absolute atomic E-state index is 0.0647. The number of aryl methyl sites for hydroxylation is 1. The zero-order chi connectivity index (χ0) is 14.5. The molecule has 0 unspecified atom stereocenters. The Labute approximate surface area is 116 Å². The largest absolute Gasteiger partial charge is 0.457 e. The second kappa shape index (κ2) is 6.16. The quantitative estimate of drug-likeness (QED) is 0.669. The van der Waals surface area contributed by atoms with Gasteiger partial charge in [-0.3, -0.25) is 10.1 Å². The first kappa shape index (κ1) is 14.0. The average molecular weight is 273 g/mol. The maximum absolute atomic E-state index is 10.7. The van der Waals surface area contributed by atoms with Crippen molar-refractivity contribution < 1.29 is 14.8 Å². The molecule has 5 heteroatoms. The number of nitro benzene ring substituents is 1. The highest BCUT2D eigenvalue weighted by molar-refractivity contribution is 5.46. The Morgan fingerprint density at radius 3 is 2.50 bits per heavy atom. The van der Waals surface area contributed by atoms with Crippen LogP contribution in [0.1, 0.15) is 18.1 Å².